The van der Waals surface area contributed by atoms with Gasteiger partial charge in [-0.1, -0.05) is 25.7 Å². The standard InChI is InChI=1S/C21H27N3O3/c1-26-18-9-10-19(20(12-18)27-2)23-17-11-15(13-22-14-17)21(25)24-16-7-5-3-4-6-8-16/h9-14,16,23H,3-8H2,1-2H3,(H,24,25). The van der Waals surface area contributed by atoms with Crippen LogP contribution in [0.1, 0.15) is 48.9 Å². The van der Waals surface area contributed by atoms with Crippen LogP contribution in [0.3, 0.4) is 0 Å². The van der Waals surface area contributed by atoms with Crippen molar-refractivity contribution >= 4 is 17.3 Å². The predicted molar refractivity (Wildman–Crippen MR) is 106 cm³/mol. The van der Waals surface area contributed by atoms with Crippen LogP contribution in [0.15, 0.2) is 36.7 Å². The van der Waals surface area contributed by atoms with E-state index in [-0.39, 0.29) is 11.9 Å². The van der Waals surface area contributed by atoms with Gasteiger partial charge in [-0.3, -0.25) is 9.78 Å². The smallest absolute Gasteiger partial charge is 0.253 e. The van der Waals surface area contributed by atoms with Crippen LogP contribution in [0.2, 0.25) is 0 Å². The molecule has 2 aromatic rings. The average Bonchev–Trinajstić information content (AvgIpc) is 2.97. The van der Waals surface area contributed by atoms with Gasteiger partial charge in [0, 0.05) is 18.3 Å². The van der Waals surface area contributed by atoms with E-state index in [0.29, 0.717) is 17.1 Å². The molecular weight excluding hydrogens is 342 g/mol. The second-order valence-electron chi connectivity index (χ2n) is 6.82. The maximum absolute atomic E-state index is 12.6. The Balaban J connectivity index is 1.70. The fourth-order valence-electron chi connectivity index (χ4n) is 3.38. The SMILES string of the molecule is COc1ccc(Nc2cncc(C(=O)NC3CCCCCC3)c2)c(OC)c1. The highest BCUT2D eigenvalue weighted by Gasteiger charge is 2.16. The number of rotatable bonds is 6. The lowest BCUT2D eigenvalue weighted by molar-refractivity contribution is 0.0933. The van der Waals surface area contributed by atoms with Crippen LogP contribution < -0.4 is 20.1 Å². The van der Waals surface area contributed by atoms with Gasteiger partial charge in [0.15, 0.2) is 0 Å². The number of methoxy groups -OCH3 is 2. The highest BCUT2D eigenvalue weighted by molar-refractivity contribution is 5.95. The van der Waals surface area contributed by atoms with Gasteiger partial charge in [0.05, 0.1) is 37.4 Å². The Bertz CT molecular complexity index is 771. The fraction of sp³-hybridized carbons (Fsp3) is 0.429. The van der Waals surface area contributed by atoms with Crippen LogP contribution in [0.4, 0.5) is 11.4 Å². The van der Waals surface area contributed by atoms with Crippen molar-refractivity contribution in [1.29, 1.82) is 0 Å². The van der Waals surface area contributed by atoms with E-state index in [1.807, 2.05) is 18.2 Å². The third-order valence-electron chi connectivity index (χ3n) is 4.88. The summed E-state index contributed by atoms with van der Waals surface area (Å²) >= 11 is 0. The number of hydrogen-bond donors (Lipinski definition) is 2. The largest absolute Gasteiger partial charge is 0.497 e. The van der Waals surface area contributed by atoms with Crippen molar-refractivity contribution in [3.8, 4) is 11.5 Å². The summed E-state index contributed by atoms with van der Waals surface area (Å²) < 4.78 is 10.6. The molecule has 1 heterocycles. The summed E-state index contributed by atoms with van der Waals surface area (Å²) in [6.45, 7) is 0. The monoisotopic (exact) mass is 369 g/mol. The molecule has 1 aliphatic rings. The van der Waals surface area contributed by atoms with Gasteiger partial charge in [0.25, 0.3) is 5.91 Å². The fourth-order valence-corrected chi connectivity index (χ4v) is 3.38. The Hall–Kier alpha value is -2.76. The highest BCUT2D eigenvalue weighted by Crippen LogP contribution is 2.31. The zero-order chi connectivity index (χ0) is 19.1. The quantitative estimate of drug-likeness (QED) is 0.743. The van der Waals surface area contributed by atoms with Crippen LogP contribution in [0, 0.1) is 0 Å². The van der Waals surface area contributed by atoms with Crippen LogP contribution >= 0.6 is 0 Å². The van der Waals surface area contributed by atoms with E-state index >= 15 is 0 Å². The Morgan fingerprint density at radius 1 is 1.04 bits per heavy atom. The van der Waals surface area contributed by atoms with Crippen molar-refractivity contribution in [1.82, 2.24) is 10.3 Å². The zero-order valence-electron chi connectivity index (χ0n) is 16.0. The summed E-state index contributed by atoms with van der Waals surface area (Å²) in [5, 5.41) is 6.42. The molecule has 1 amide bonds. The van der Waals surface area contributed by atoms with Gasteiger partial charge in [-0.25, -0.2) is 0 Å². The number of hydrogen-bond acceptors (Lipinski definition) is 5. The van der Waals surface area contributed by atoms with E-state index in [1.165, 1.54) is 25.7 Å². The summed E-state index contributed by atoms with van der Waals surface area (Å²) in [6.07, 6.45) is 10.3. The lowest BCUT2D eigenvalue weighted by Crippen LogP contribution is -2.34. The first-order valence-electron chi connectivity index (χ1n) is 9.44. The molecule has 0 atom stereocenters. The minimum absolute atomic E-state index is 0.0697. The molecule has 1 aromatic heterocycles. The highest BCUT2D eigenvalue weighted by atomic mass is 16.5. The molecule has 0 spiro atoms. The van der Waals surface area contributed by atoms with Gasteiger partial charge in [0.2, 0.25) is 0 Å². The molecule has 3 rings (SSSR count). The number of aromatic nitrogens is 1. The number of nitrogens with zero attached hydrogens (tertiary/aromatic N) is 1. The van der Waals surface area contributed by atoms with Crippen molar-refractivity contribution in [2.75, 3.05) is 19.5 Å². The molecular formula is C21H27N3O3. The van der Waals surface area contributed by atoms with E-state index in [4.69, 9.17) is 9.47 Å². The molecule has 0 aliphatic heterocycles. The number of amides is 1. The molecule has 1 saturated carbocycles. The molecule has 1 aromatic carbocycles. The lowest BCUT2D eigenvalue weighted by Gasteiger charge is -2.17. The van der Waals surface area contributed by atoms with Gasteiger partial charge in [-0.15, -0.1) is 0 Å². The number of nitrogens with one attached hydrogen (secondary N) is 2. The Kier molecular flexibility index (Phi) is 6.52. The van der Waals surface area contributed by atoms with Crippen molar-refractivity contribution < 1.29 is 14.3 Å². The predicted octanol–water partition coefficient (Wildman–Crippen LogP) is 4.30. The van der Waals surface area contributed by atoms with Crippen LogP contribution in [0.5, 0.6) is 11.5 Å². The lowest BCUT2D eigenvalue weighted by atomic mass is 10.1. The normalized spacial score (nSPS) is 14.9. The van der Waals surface area contributed by atoms with E-state index < -0.39 is 0 Å². The number of anilines is 2. The number of benzene rings is 1. The molecule has 0 bridgehead atoms. The second-order valence-corrected chi connectivity index (χ2v) is 6.82. The molecule has 0 unspecified atom stereocenters. The van der Waals surface area contributed by atoms with Gasteiger partial charge in [0.1, 0.15) is 11.5 Å². The van der Waals surface area contributed by atoms with Gasteiger partial charge in [-0.2, -0.15) is 0 Å². The first-order valence-corrected chi connectivity index (χ1v) is 9.44. The Morgan fingerprint density at radius 2 is 1.81 bits per heavy atom. The van der Waals surface area contributed by atoms with E-state index in [2.05, 4.69) is 15.6 Å². The maximum Gasteiger partial charge on any atom is 0.253 e. The van der Waals surface area contributed by atoms with Gasteiger partial charge in [-0.05, 0) is 31.0 Å². The molecule has 144 valence electrons. The summed E-state index contributed by atoms with van der Waals surface area (Å²) in [5.74, 6) is 1.30. The average molecular weight is 369 g/mol. The minimum atomic E-state index is -0.0697. The minimum Gasteiger partial charge on any atom is -0.497 e. The second kappa shape index (κ2) is 9.26. The van der Waals surface area contributed by atoms with E-state index in [1.54, 1.807) is 32.7 Å². The van der Waals surface area contributed by atoms with E-state index in [9.17, 15) is 4.79 Å². The number of carbonyl (C=O) groups excluding carboxylic acids is 1. The topological polar surface area (TPSA) is 72.5 Å². The molecule has 27 heavy (non-hydrogen) atoms. The molecule has 0 saturated heterocycles. The van der Waals surface area contributed by atoms with Gasteiger partial charge >= 0.3 is 0 Å². The summed E-state index contributed by atoms with van der Waals surface area (Å²) in [4.78, 5) is 16.8. The van der Waals surface area contributed by atoms with Crippen LogP contribution in [-0.2, 0) is 0 Å². The molecule has 0 radical (unpaired) electrons. The first kappa shape index (κ1) is 19.0. The van der Waals surface area contributed by atoms with Crippen LogP contribution in [-0.4, -0.2) is 31.2 Å². The van der Waals surface area contributed by atoms with Crippen molar-refractivity contribution in [3.63, 3.8) is 0 Å². The third kappa shape index (κ3) is 5.12. The van der Waals surface area contributed by atoms with Crippen LogP contribution in [0.25, 0.3) is 0 Å². The Labute approximate surface area is 160 Å². The maximum atomic E-state index is 12.6. The number of pyridine rings is 1. The molecule has 6 nitrogen and oxygen atoms in total. The van der Waals surface area contributed by atoms with Gasteiger partial charge < -0.3 is 20.1 Å². The number of ether oxygens (including phenoxy) is 2. The molecule has 1 aliphatic carbocycles. The Morgan fingerprint density at radius 3 is 2.52 bits per heavy atom. The summed E-state index contributed by atoms with van der Waals surface area (Å²) in [6, 6.07) is 7.59. The molecule has 1 fully saturated rings. The van der Waals surface area contributed by atoms with Crippen molar-refractivity contribution in [3.05, 3.63) is 42.2 Å². The van der Waals surface area contributed by atoms with Crippen molar-refractivity contribution in [2.45, 2.75) is 44.6 Å². The molecule has 2 N–H and O–H groups in total. The summed E-state index contributed by atoms with van der Waals surface area (Å²) in [7, 11) is 3.22. The third-order valence-corrected chi connectivity index (χ3v) is 4.88. The van der Waals surface area contributed by atoms with E-state index in [0.717, 1.165) is 24.2 Å². The summed E-state index contributed by atoms with van der Waals surface area (Å²) in [5.41, 5.74) is 2.06. The first-order chi connectivity index (χ1) is 13.2. The molecule has 6 heteroatoms. The van der Waals surface area contributed by atoms with Crippen molar-refractivity contribution in [2.24, 2.45) is 0 Å². The zero-order valence-corrected chi connectivity index (χ0v) is 16.0. The number of carbonyl (C=O) groups is 1.